The lowest BCUT2D eigenvalue weighted by molar-refractivity contribution is 0.550. The monoisotopic (exact) mass is 158 g/mol. The molecular weight excluding hydrogens is 152 g/mol. The van der Waals surface area contributed by atoms with Gasteiger partial charge in [-0.15, -0.1) is 12.4 Å². The first kappa shape index (κ1) is 9.02. The molecule has 0 bridgehead atoms. The van der Waals surface area contributed by atoms with Crippen LogP contribution in [-0.4, -0.2) is 0 Å². The third kappa shape index (κ3) is 1.76. The number of hydrogen-bond donors (Lipinski definition) is 1. The molecule has 2 N–H and O–H groups in total. The zero-order chi connectivity index (χ0) is 6.69. The fourth-order valence-corrected chi connectivity index (χ4v) is 0.541. The molecular formula is C6H7ClN2O. The predicted molar refractivity (Wildman–Crippen MR) is 38.6 cm³/mol. The molecule has 1 aromatic heterocycles. The summed E-state index contributed by atoms with van der Waals surface area (Å²) < 4.78 is 4.76. The molecule has 0 aliphatic heterocycles. The van der Waals surface area contributed by atoms with E-state index in [-0.39, 0.29) is 12.4 Å². The van der Waals surface area contributed by atoms with Crippen molar-refractivity contribution in [2.24, 2.45) is 5.73 Å². The van der Waals surface area contributed by atoms with Gasteiger partial charge in [0.25, 0.3) is 0 Å². The Morgan fingerprint density at radius 3 is 2.70 bits per heavy atom. The summed E-state index contributed by atoms with van der Waals surface area (Å²) in [5.41, 5.74) is 6.10. The first-order valence-corrected chi connectivity index (χ1v) is 2.54. The molecule has 0 radical (unpaired) electrons. The molecule has 0 atom stereocenters. The van der Waals surface area contributed by atoms with Crippen molar-refractivity contribution in [3.63, 3.8) is 0 Å². The van der Waals surface area contributed by atoms with Crippen LogP contribution in [0.25, 0.3) is 0 Å². The van der Waals surface area contributed by atoms with E-state index in [1.807, 2.05) is 6.07 Å². The van der Waals surface area contributed by atoms with Crippen molar-refractivity contribution in [2.75, 3.05) is 0 Å². The van der Waals surface area contributed by atoms with Gasteiger partial charge in [0.2, 0.25) is 5.76 Å². The van der Waals surface area contributed by atoms with Crippen LogP contribution in [0.5, 0.6) is 0 Å². The fraction of sp³-hybridized carbons (Fsp3) is 0.167. The Labute approximate surface area is 64.8 Å². The van der Waals surface area contributed by atoms with Gasteiger partial charge in [0, 0.05) is 12.1 Å². The molecule has 3 nitrogen and oxygen atoms in total. The number of hydrogen-bond acceptors (Lipinski definition) is 3. The predicted octanol–water partition coefficient (Wildman–Crippen LogP) is 1.03. The van der Waals surface area contributed by atoms with Crippen molar-refractivity contribution in [3.05, 3.63) is 23.7 Å². The summed E-state index contributed by atoms with van der Waals surface area (Å²) in [6, 6.07) is 3.48. The van der Waals surface area contributed by atoms with Crippen molar-refractivity contribution in [3.8, 4) is 6.07 Å². The van der Waals surface area contributed by atoms with E-state index in [1.165, 1.54) is 6.26 Å². The molecule has 0 aliphatic carbocycles. The molecule has 0 unspecified atom stereocenters. The maximum absolute atomic E-state index is 8.26. The van der Waals surface area contributed by atoms with Gasteiger partial charge in [0.1, 0.15) is 6.07 Å². The van der Waals surface area contributed by atoms with Crippen molar-refractivity contribution >= 4 is 12.4 Å². The summed E-state index contributed by atoms with van der Waals surface area (Å²) in [6.45, 7) is 0.422. The van der Waals surface area contributed by atoms with E-state index in [0.717, 1.165) is 5.56 Å². The summed E-state index contributed by atoms with van der Waals surface area (Å²) in [7, 11) is 0. The van der Waals surface area contributed by atoms with Crippen LogP contribution in [0.2, 0.25) is 0 Å². The second-order valence-corrected chi connectivity index (χ2v) is 1.64. The van der Waals surface area contributed by atoms with Gasteiger partial charge in [-0.05, 0) is 6.07 Å². The van der Waals surface area contributed by atoms with Crippen LogP contribution in [0.3, 0.4) is 0 Å². The summed E-state index contributed by atoms with van der Waals surface area (Å²) in [4.78, 5) is 0. The number of nitrogens with zero attached hydrogens (tertiary/aromatic N) is 1. The standard InChI is InChI=1S/C6H6N2O.ClH/c7-2-5-1-6(3-8)9-4-5;/h1,4H,2,7H2;1H. The number of halogens is 1. The third-order valence-electron chi connectivity index (χ3n) is 1.000. The topological polar surface area (TPSA) is 63.0 Å². The first-order chi connectivity index (χ1) is 4.36. The van der Waals surface area contributed by atoms with Gasteiger partial charge in [-0.1, -0.05) is 0 Å². The highest BCUT2D eigenvalue weighted by molar-refractivity contribution is 5.85. The van der Waals surface area contributed by atoms with Crippen LogP contribution in [-0.2, 0) is 6.54 Å². The maximum Gasteiger partial charge on any atom is 0.203 e. The highest BCUT2D eigenvalue weighted by atomic mass is 35.5. The Morgan fingerprint density at radius 2 is 2.40 bits per heavy atom. The molecule has 0 fully saturated rings. The van der Waals surface area contributed by atoms with Gasteiger partial charge in [-0.2, -0.15) is 5.26 Å². The molecule has 1 rings (SSSR count). The SMILES string of the molecule is Cl.N#Cc1cc(CN)co1. The van der Waals surface area contributed by atoms with Gasteiger partial charge < -0.3 is 10.2 Å². The Kier molecular flexibility index (Phi) is 3.55. The van der Waals surface area contributed by atoms with Gasteiger partial charge in [0.05, 0.1) is 6.26 Å². The van der Waals surface area contributed by atoms with Gasteiger partial charge in [0.15, 0.2) is 0 Å². The van der Waals surface area contributed by atoms with Gasteiger partial charge >= 0.3 is 0 Å². The lowest BCUT2D eigenvalue weighted by Crippen LogP contribution is -1.92. The molecule has 54 valence electrons. The minimum Gasteiger partial charge on any atom is -0.454 e. The minimum atomic E-state index is 0. The average molecular weight is 159 g/mol. The second-order valence-electron chi connectivity index (χ2n) is 1.64. The Hall–Kier alpha value is -0.980. The van der Waals surface area contributed by atoms with E-state index in [2.05, 4.69) is 0 Å². The molecule has 0 aromatic carbocycles. The molecule has 0 amide bonds. The summed E-state index contributed by atoms with van der Waals surface area (Å²) in [5, 5.41) is 8.26. The Balaban J connectivity index is 0.000000810. The molecule has 1 heterocycles. The zero-order valence-electron chi connectivity index (χ0n) is 5.20. The van der Waals surface area contributed by atoms with Crippen molar-refractivity contribution in [1.82, 2.24) is 0 Å². The Bertz CT molecular complexity index is 238. The number of furan rings is 1. The number of nitriles is 1. The van der Waals surface area contributed by atoms with E-state index in [0.29, 0.717) is 12.3 Å². The van der Waals surface area contributed by atoms with E-state index < -0.39 is 0 Å². The van der Waals surface area contributed by atoms with Gasteiger partial charge in [-0.25, -0.2) is 0 Å². The molecule has 0 saturated heterocycles. The van der Waals surface area contributed by atoms with Crippen LogP contribution in [0.4, 0.5) is 0 Å². The first-order valence-electron chi connectivity index (χ1n) is 2.54. The van der Waals surface area contributed by atoms with Gasteiger partial charge in [-0.3, -0.25) is 0 Å². The van der Waals surface area contributed by atoms with Crippen molar-refractivity contribution in [2.45, 2.75) is 6.54 Å². The summed E-state index contributed by atoms with van der Waals surface area (Å²) in [5.74, 6) is 0.315. The minimum absolute atomic E-state index is 0. The lowest BCUT2D eigenvalue weighted by Gasteiger charge is -1.78. The van der Waals surface area contributed by atoms with Crippen molar-refractivity contribution < 1.29 is 4.42 Å². The molecule has 0 saturated carbocycles. The van der Waals surface area contributed by atoms with Crippen LogP contribution >= 0.6 is 12.4 Å². The highest BCUT2D eigenvalue weighted by Gasteiger charge is 1.95. The van der Waals surface area contributed by atoms with Crippen LogP contribution in [0.1, 0.15) is 11.3 Å². The zero-order valence-corrected chi connectivity index (χ0v) is 6.02. The highest BCUT2D eigenvalue weighted by Crippen LogP contribution is 2.04. The molecule has 0 aliphatic rings. The number of rotatable bonds is 1. The van der Waals surface area contributed by atoms with Crippen LogP contribution in [0, 0.1) is 11.3 Å². The molecule has 1 aromatic rings. The molecule has 4 heteroatoms. The fourth-order valence-electron chi connectivity index (χ4n) is 0.541. The lowest BCUT2D eigenvalue weighted by atomic mass is 10.3. The average Bonchev–Trinajstić information content (AvgIpc) is 2.34. The normalized spacial score (nSPS) is 8.00. The summed E-state index contributed by atoms with van der Waals surface area (Å²) >= 11 is 0. The van der Waals surface area contributed by atoms with Crippen molar-refractivity contribution in [1.29, 1.82) is 5.26 Å². The summed E-state index contributed by atoms with van der Waals surface area (Å²) in [6.07, 6.45) is 1.48. The third-order valence-corrected chi connectivity index (χ3v) is 1.000. The quantitative estimate of drug-likeness (QED) is 0.664. The van der Waals surface area contributed by atoms with Crippen LogP contribution < -0.4 is 5.73 Å². The maximum atomic E-state index is 8.26. The smallest absolute Gasteiger partial charge is 0.203 e. The van der Waals surface area contributed by atoms with Crippen LogP contribution in [0.15, 0.2) is 16.7 Å². The van der Waals surface area contributed by atoms with E-state index in [1.54, 1.807) is 6.07 Å². The molecule has 0 spiro atoms. The van der Waals surface area contributed by atoms with E-state index in [9.17, 15) is 0 Å². The molecule has 10 heavy (non-hydrogen) atoms. The van der Waals surface area contributed by atoms with E-state index in [4.69, 9.17) is 15.4 Å². The number of nitrogens with two attached hydrogens (primary N) is 1. The van der Waals surface area contributed by atoms with E-state index >= 15 is 0 Å². The largest absolute Gasteiger partial charge is 0.454 e. The Morgan fingerprint density at radius 1 is 1.70 bits per heavy atom. The second kappa shape index (κ2) is 3.94.